The van der Waals surface area contributed by atoms with Gasteiger partial charge in [0, 0.05) is 13.1 Å². The fraction of sp³-hybridized carbons (Fsp3) is 0.333. The molecular weight excluding hydrogens is 246 g/mol. The second kappa shape index (κ2) is 7.71. The minimum atomic E-state index is 0.726. The summed E-state index contributed by atoms with van der Waals surface area (Å²) in [6.07, 6.45) is 0. The third kappa shape index (κ3) is 4.71. The Labute approximate surface area is 122 Å². The lowest BCUT2D eigenvalue weighted by Gasteiger charge is -2.20. The standard InChI is InChI=1S/C18H23NO/c1-3-19(15-17-11-9-16(2)10-12-17)13-14-20-18-7-5-4-6-8-18/h4-12H,3,13-15H2,1-2H3. The molecule has 0 heterocycles. The summed E-state index contributed by atoms with van der Waals surface area (Å²) in [6, 6.07) is 18.7. The minimum Gasteiger partial charge on any atom is -0.492 e. The van der Waals surface area contributed by atoms with Crippen LogP contribution in [0.15, 0.2) is 54.6 Å². The van der Waals surface area contributed by atoms with Gasteiger partial charge in [-0.2, -0.15) is 0 Å². The highest BCUT2D eigenvalue weighted by Gasteiger charge is 2.04. The van der Waals surface area contributed by atoms with Crippen molar-refractivity contribution in [1.82, 2.24) is 4.90 Å². The zero-order chi connectivity index (χ0) is 14.2. The van der Waals surface area contributed by atoms with Crippen LogP contribution in [0.5, 0.6) is 5.75 Å². The SMILES string of the molecule is CCN(CCOc1ccccc1)Cc1ccc(C)cc1. The number of hydrogen-bond acceptors (Lipinski definition) is 2. The van der Waals surface area contributed by atoms with Gasteiger partial charge in [0.15, 0.2) is 0 Å². The molecule has 0 bridgehead atoms. The van der Waals surface area contributed by atoms with Gasteiger partial charge in [-0.15, -0.1) is 0 Å². The topological polar surface area (TPSA) is 12.5 Å². The summed E-state index contributed by atoms with van der Waals surface area (Å²) in [6.45, 7) is 8.00. The molecule has 2 heteroatoms. The number of nitrogens with zero attached hydrogens (tertiary/aromatic N) is 1. The van der Waals surface area contributed by atoms with E-state index in [0.717, 1.165) is 32.0 Å². The van der Waals surface area contributed by atoms with E-state index in [4.69, 9.17) is 4.74 Å². The average molecular weight is 269 g/mol. The van der Waals surface area contributed by atoms with Crippen LogP contribution in [-0.2, 0) is 6.54 Å². The molecule has 20 heavy (non-hydrogen) atoms. The Balaban J connectivity index is 1.79. The summed E-state index contributed by atoms with van der Waals surface area (Å²) in [4.78, 5) is 2.40. The van der Waals surface area contributed by atoms with Crippen LogP contribution in [0.4, 0.5) is 0 Å². The van der Waals surface area contributed by atoms with Gasteiger partial charge in [-0.25, -0.2) is 0 Å². The molecule has 0 aliphatic rings. The van der Waals surface area contributed by atoms with E-state index in [1.165, 1.54) is 11.1 Å². The first-order chi connectivity index (χ1) is 9.78. The van der Waals surface area contributed by atoms with Crippen LogP contribution in [-0.4, -0.2) is 24.6 Å². The van der Waals surface area contributed by atoms with Gasteiger partial charge in [-0.3, -0.25) is 4.90 Å². The van der Waals surface area contributed by atoms with Gasteiger partial charge in [0.05, 0.1) is 0 Å². The number of rotatable bonds is 7. The van der Waals surface area contributed by atoms with Crippen molar-refractivity contribution < 1.29 is 4.74 Å². The molecule has 0 spiro atoms. The van der Waals surface area contributed by atoms with Crippen molar-refractivity contribution in [3.05, 3.63) is 65.7 Å². The van der Waals surface area contributed by atoms with Gasteiger partial charge in [0.2, 0.25) is 0 Å². The molecule has 2 nitrogen and oxygen atoms in total. The molecule has 0 aliphatic heterocycles. The van der Waals surface area contributed by atoms with E-state index in [-0.39, 0.29) is 0 Å². The summed E-state index contributed by atoms with van der Waals surface area (Å²) in [5, 5.41) is 0. The molecule has 0 saturated heterocycles. The van der Waals surface area contributed by atoms with Crippen molar-refractivity contribution in [2.75, 3.05) is 19.7 Å². The number of hydrogen-bond donors (Lipinski definition) is 0. The maximum absolute atomic E-state index is 5.75. The van der Waals surface area contributed by atoms with Crippen LogP contribution in [0.3, 0.4) is 0 Å². The van der Waals surface area contributed by atoms with Gasteiger partial charge in [0.25, 0.3) is 0 Å². The van der Waals surface area contributed by atoms with E-state index in [1.807, 2.05) is 30.3 Å². The Morgan fingerprint density at radius 1 is 0.950 bits per heavy atom. The normalized spacial score (nSPS) is 10.8. The van der Waals surface area contributed by atoms with Crippen LogP contribution in [0.1, 0.15) is 18.1 Å². The molecule has 0 N–H and O–H groups in total. The van der Waals surface area contributed by atoms with Crippen LogP contribution >= 0.6 is 0 Å². The maximum atomic E-state index is 5.75. The maximum Gasteiger partial charge on any atom is 0.119 e. The molecule has 0 unspecified atom stereocenters. The Morgan fingerprint density at radius 2 is 1.65 bits per heavy atom. The molecule has 0 aromatic heterocycles. The highest BCUT2D eigenvalue weighted by atomic mass is 16.5. The first-order valence-corrected chi connectivity index (χ1v) is 7.23. The fourth-order valence-corrected chi connectivity index (χ4v) is 2.11. The first kappa shape index (κ1) is 14.6. The van der Waals surface area contributed by atoms with Crippen LogP contribution < -0.4 is 4.74 Å². The highest BCUT2D eigenvalue weighted by Crippen LogP contribution is 2.09. The van der Waals surface area contributed by atoms with Crippen molar-refractivity contribution in [2.24, 2.45) is 0 Å². The summed E-state index contributed by atoms with van der Waals surface area (Å²) < 4.78 is 5.75. The lowest BCUT2D eigenvalue weighted by Crippen LogP contribution is -2.27. The molecule has 0 saturated carbocycles. The summed E-state index contributed by atoms with van der Waals surface area (Å²) in [7, 11) is 0. The molecular formula is C18H23NO. The summed E-state index contributed by atoms with van der Waals surface area (Å²) >= 11 is 0. The van der Waals surface area contributed by atoms with E-state index in [2.05, 4.69) is 43.0 Å². The van der Waals surface area contributed by atoms with Crippen molar-refractivity contribution in [1.29, 1.82) is 0 Å². The van der Waals surface area contributed by atoms with E-state index in [0.29, 0.717) is 0 Å². The summed E-state index contributed by atoms with van der Waals surface area (Å²) in [5.74, 6) is 0.943. The quantitative estimate of drug-likeness (QED) is 0.756. The second-order valence-electron chi connectivity index (χ2n) is 5.02. The third-order valence-electron chi connectivity index (χ3n) is 3.39. The van der Waals surface area contributed by atoms with Crippen LogP contribution in [0.2, 0.25) is 0 Å². The molecule has 0 amide bonds. The fourth-order valence-electron chi connectivity index (χ4n) is 2.11. The Kier molecular flexibility index (Phi) is 5.63. The lowest BCUT2D eigenvalue weighted by atomic mass is 10.1. The van der Waals surface area contributed by atoms with Gasteiger partial charge in [-0.05, 0) is 31.2 Å². The predicted molar refractivity (Wildman–Crippen MR) is 84.1 cm³/mol. The highest BCUT2D eigenvalue weighted by molar-refractivity contribution is 5.22. The Hall–Kier alpha value is -1.80. The van der Waals surface area contributed by atoms with E-state index < -0.39 is 0 Å². The van der Waals surface area contributed by atoms with Gasteiger partial charge >= 0.3 is 0 Å². The minimum absolute atomic E-state index is 0.726. The molecule has 2 aromatic carbocycles. The van der Waals surface area contributed by atoms with Crippen LogP contribution in [0, 0.1) is 6.92 Å². The van der Waals surface area contributed by atoms with Gasteiger partial charge in [-0.1, -0.05) is 55.0 Å². The monoisotopic (exact) mass is 269 g/mol. The molecule has 0 radical (unpaired) electrons. The second-order valence-corrected chi connectivity index (χ2v) is 5.02. The zero-order valence-electron chi connectivity index (χ0n) is 12.4. The molecule has 2 aromatic rings. The number of likely N-dealkylation sites (N-methyl/N-ethyl adjacent to an activating group) is 1. The lowest BCUT2D eigenvalue weighted by molar-refractivity contribution is 0.210. The van der Waals surface area contributed by atoms with Crippen molar-refractivity contribution in [3.63, 3.8) is 0 Å². The molecule has 0 fully saturated rings. The van der Waals surface area contributed by atoms with Crippen molar-refractivity contribution >= 4 is 0 Å². The first-order valence-electron chi connectivity index (χ1n) is 7.23. The molecule has 2 rings (SSSR count). The Bertz CT molecular complexity index is 493. The number of para-hydroxylation sites is 1. The summed E-state index contributed by atoms with van der Waals surface area (Å²) in [5.41, 5.74) is 2.67. The molecule has 0 atom stereocenters. The number of benzene rings is 2. The van der Waals surface area contributed by atoms with Crippen molar-refractivity contribution in [3.8, 4) is 5.75 Å². The largest absolute Gasteiger partial charge is 0.492 e. The molecule has 106 valence electrons. The number of ether oxygens (including phenoxy) is 1. The smallest absolute Gasteiger partial charge is 0.119 e. The average Bonchev–Trinajstić information content (AvgIpc) is 2.49. The molecule has 0 aliphatic carbocycles. The van der Waals surface area contributed by atoms with E-state index in [1.54, 1.807) is 0 Å². The van der Waals surface area contributed by atoms with Crippen LogP contribution in [0.25, 0.3) is 0 Å². The zero-order valence-corrected chi connectivity index (χ0v) is 12.4. The van der Waals surface area contributed by atoms with Gasteiger partial charge in [0.1, 0.15) is 12.4 Å². The number of aryl methyl sites for hydroxylation is 1. The van der Waals surface area contributed by atoms with Gasteiger partial charge < -0.3 is 4.74 Å². The van der Waals surface area contributed by atoms with E-state index in [9.17, 15) is 0 Å². The van der Waals surface area contributed by atoms with E-state index >= 15 is 0 Å². The predicted octanol–water partition coefficient (Wildman–Crippen LogP) is 3.90. The Morgan fingerprint density at radius 3 is 2.30 bits per heavy atom. The third-order valence-corrected chi connectivity index (χ3v) is 3.39. The van der Waals surface area contributed by atoms with Crippen molar-refractivity contribution in [2.45, 2.75) is 20.4 Å².